The van der Waals surface area contributed by atoms with Crippen LogP contribution in [0.25, 0.3) is 0 Å². The van der Waals surface area contributed by atoms with Crippen LogP contribution in [0.1, 0.15) is 6.42 Å². The van der Waals surface area contributed by atoms with Gasteiger partial charge in [0.05, 0.1) is 6.10 Å². The molecule has 1 saturated heterocycles. The minimum Gasteiger partial charge on any atom is -0.448 e. The Morgan fingerprint density at radius 1 is 1.44 bits per heavy atom. The molecule has 0 aromatic rings. The number of rotatable bonds is 2. The fraction of sp³-hybridized carbons (Fsp3) is 0.889. The first-order valence-electron chi connectivity index (χ1n) is 5.22. The standard InChI is InChI=1S/C9H16N2O4S/c1-10-9-11-5-7(14)6(13)4(2-3-12)16-8(5)15-9/h4-8,12-14H,2-3H2,1H3,(H,10,11)/t4-,5-,6-,7-,8+/m1/s1. The Morgan fingerprint density at radius 3 is 2.81 bits per heavy atom. The Bertz CT molecular complexity index is 289. The van der Waals surface area contributed by atoms with Crippen LogP contribution in [0.4, 0.5) is 0 Å². The molecule has 0 amide bonds. The molecule has 2 rings (SSSR count). The quantitative estimate of drug-likeness (QED) is 0.475. The fourth-order valence-corrected chi connectivity index (χ4v) is 3.35. The summed E-state index contributed by atoms with van der Waals surface area (Å²) >= 11 is 1.41. The summed E-state index contributed by atoms with van der Waals surface area (Å²) in [4.78, 5) is 4.14. The van der Waals surface area contributed by atoms with Crippen molar-refractivity contribution >= 4 is 17.8 Å². The van der Waals surface area contributed by atoms with Crippen LogP contribution < -0.4 is 5.32 Å². The number of aliphatic hydroxyl groups is 3. The summed E-state index contributed by atoms with van der Waals surface area (Å²) in [6, 6.07) is -0.0456. The van der Waals surface area contributed by atoms with Crippen molar-refractivity contribution in [3.63, 3.8) is 0 Å². The lowest BCUT2D eigenvalue weighted by Crippen LogP contribution is -2.51. The van der Waals surface area contributed by atoms with Crippen molar-refractivity contribution in [1.82, 2.24) is 5.32 Å². The Kier molecular flexibility index (Phi) is 3.58. The van der Waals surface area contributed by atoms with Gasteiger partial charge in [-0.3, -0.25) is 0 Å². The highest BCUT2D eigenvalue weighted by Gasteiger charge is 2.48. The number of hydrogen-bond donors (Lipinski definition) is 4. The number of amidine groups is 1. The summed E-state index contributed by atoms with van der Waals surface area (Å²) in [5.74, 6) is 0. The lowest BCUT2D eigenvalue weighted by molar-refractivity contribution is -0.0148. The molecule has 5 atom stereocenters. The van der Waals surface area contributed by atoms with E-state index in [4.69, 9.17) is 9.84 Å². The molecule has 6 nitrogen and oxygen atoms in total. The van der Waals surface area contributed by atoms with Crippen LogP contribution in [-0.4, -0.2) is 63.9 Å². The largest absolute Gasteiger partial charge is 0.448 e. The first-order chi connectivity index (χ1) is 7.67. The van der Waals surface area contributed by atoms with Gasteiger partial charge in [0.15, 0.2) is 5.44 Å². The van der Waals surface area contributed by atoms with Gasteiger partial charge in [-0.15, -0.1) is 11.8 Å². The molecule has 0 aliphatic carbocycles. The Hall–Kier alpha value is -0.500. The number of aliphatic imine (C=N–C) groups is 1. The third-order valence-corrected chi connectivity index (χ3v) is 4.30. The Labute approximate surface area is 97.7 Å². The molecule has 2 aliphatic heterocycles. The van der Waals surface area contributed by atoms with Crippen molar-refractivity contribution in [2.45, 2.75) is 35.4 Å². The second kappa shape index (κ2) is 4.79. The van der Waals surface area contributed by atoms with Crippen molar-refractivity contribution in [1.29, 1.82) is 0 Å². The van der Waals surface area contributed by atoms with E-state index in [1.165, 1.54) is 11.8 Å². The van der Waals surface area contributed by atoms with Crippen molar-refractivity contribution in [2.75, 3.05) is 13.7 Å². The molecule has 0 bridgehead atoms. The number of nitrogens with zero attached hydrogens (tertiary/aromatic N) is 1. The lowest BCUT2D eigenvalue weighted by atomic mass is 10.0. The molecule has 0 saturated carbocycles. The minimum absolute atomic E-state index is 0.0153. The maximum absolute atomic E-state index is 9.90. The van der Waals surface area contributed by atoms with Crippen molar-refractivity contribution in [3.05, 3.63) is 0 Å². The molecule has 1 fully saturated rings. The molecule has 0 radical (unpaired) electrons. The summed E-state index contributed by atoms with van der Waals surface area (Å²) < 4.78 is 5.46. The number of ether oxygens (including phenoxy) is 1. The highest BCUT2D eigenvalue weighted by atomic mass is 32.2. The maximum Gasteiger partial charge on any atom is 0.286 e. The molecule has 0 aromatic carbocycles. The Morgan fingerprint density at radius 2 is 2.19 bits per heavy atom. The number of thioether (sulfide) groups is 1. The molecular formula is C9H16N2O4S. The van der Waals surface area contributed by atoms with E-state index in [-0.39, 0.29) is 17.3 Å². The van der Waals surface area contributed by atoms with Crippen molar-refractivity contribution < 1.29 is 20.1 Å². The van der Waals surface area contributed by atoms with Gasteiger partial charge in [0, 0.05) is 18.9 Å². The number of hydrogen-bond acceptors (Lipinski definition) is 7. The van der Waals surface area contributed by atoms with Crippen LogP contribution in [-0.2, 0) is 4.74 Å². The number of fused-ring (bicyclic) bond motifs is 1. The molecule has 2 heterocycles. The fourth-order valence-electron chi connectivity index (χ4n) is 1.92. The first-order valence-corrected chi connectivity index (χ1v) is 6.16. The molecule has 0 aromatic heterocycles. The topological polar surface area (TPSA) is 94.3 Å². The summed E-state index contributed by atoms with van der Waals surface area (Å²) in [5, 5.41) is 31.2. The monoisotopic (exact) mass is 248 g/mol. The van der Waals surface area contributed by atoms with Crippen LogP contribution in [0.5, 0.6) is 0 Å². The molecule has 4 N–H and O–H groups in total. The SMILES string of the molecule is CNC1=N[C@@H]2[C@@H](O)[C@H](O)[C@@H](CCO)S[C@@H]2O1. The van der Waals surface area contributed by atoms with Crippen LogP contribution in [0.15, 0.2) is 4.99 Å². The second-order valence-corrected chi connectivity index (χ2v) is 5.17. The van der Waals surface area contributed by atoms with Gasteiger partial charge in [0.25, 0.3) is 6.02 Å². The average molecular weight is 248 g/mol. The molecular weight excluding hydrogens is 232 g/mol. The van der Waals surface area contributed by atoms with Gasteiger partial charge in [-0.1, -0.05) is 0 Å². The third-order valence-electron chi connectivity index (χ3n) is 2.79. The van der Waals surface area contributed by atoms with Gasteiger partial charge in [-0.2, -0.15) is 0 Å². The average Bonchev–Trinajstić information content (AvgIpc) is 2.69. The molecule has 7 heteroatoms. The van der Waals surface area contributed by atoms with Crippen LogP contribution in [0.2, 0.25) is 0 Å². The van der Waals surface area contributed by atoms with Crippen LogP contribution in [0.3, 0.4) is 0 Å². The summed E-state index contributed by atoms with van der Waals surface area (Å²) in [6.07, 6.45) is -1.37. The van der Waals surface area contributed by atoms with E-state index in [1.54, 1.807) is 7.05 Å². The van der Waals surface area contributed by atoms with Gasteiger partial charge in [0.2, 0.25) is 0 Å². The molecule has 16 heavy (non-hydrogen) atoms. The second-order valence-electron chi connectivity index (χ2n) is 3.83. The normalized spacial score (nSPS) is 42.2. The summed E-state index contributed by atoms with van der Waals surface area (Å²) in [5.41, 5.74) is -0.280. The van der Waals surface area contributed by atoms with Crippen molar-refractivity contribution in [2.24, 2.45) is 4.99 Å². The first kappa shape index (κ1) is 12.0. The van der Waals surface area contributed by atoms with Gasteiger partial charge in [-0.05, 0) is 6.42 Å². The van der Waals surface area contributed by atoms with E-state index in [0.29, 0.717) is 12.4 Å². The van der Waals surface area contributed by atoms with Gasteiger partial charge >= 0.3 is 0 Å². The van der Waals surface area contributed by atoms with Crippen LogP contribution in [0, 0.1) is 0 Å². The zero-order chi connectivity index (χ0) is 11.7. The molecule has 2 aliphatic rings. The minimum atomic E-state index is -0.936. The highest BCUT2D eigenvalue weighted by Crippen LogP contribution is 2.38. The van der Waals surface area contributed by atoms with E-state index < -0.39 is 18.2 Å². The van der Waals surface area contributed by atoms with E-state index in [9.17, 15) is 10.2 Å². The number of nitrogens with one attached hydrogen (secondary N) is 1. The smallest absolute Gasteiger partial charge is 0.286 e. The van der Waals surface area contributed by atoms with E-state index in [1.807, 2.05) is 0 Å². The zero-order valence-corrected chi connectivity index (χ0v) is 9.72. The van der Waals surface area contributed by atoms with E-state index in [0.717, 1.165) is 0 Å². The third kappa shape index (κ3) is 2.00. The predicted molar refractivity (Wildman–Crippen MR) is 60.3 cm³/mol. The highest BCUT2D eigenvalue weighted by molar-refractivity contribution is 8.00. The number of aliphatic hydroxyl groups excluding tert-OH is 3. The van der Waals surface area contributed by atoms with Gasteiger partial charge in [0.1, 0.15) is 12.1 Å². The summed E-state index contributed by atoms with van der Waals surface area (Å²) in [6.45, 7) is -0.0153. The maximum atomic E-state index is 9.90. The van der Waals surface area contributed by atoms with Crippen molar-refractivity contribution in [3.8, 4) is 0 Å². The zero-order valence-electron chi connectivity index (χ0n) is 8.91. The van der Waals surface area contributed by atoms with Crippen LogP contribution >= 0.6 is 11.8 Å². The van der Waals surface area contributed by atoms with Gasteiger partial charge < -0.3 is 25.4 Å². The molecule has 0 unspecified atom stereocenters. The lowest BCUT2D eigenvalue weighted by Gasteiger charge is -2.36. The molecule has 92 valence electrons. The molecule has 0 spiro atoms. The Balaban J connectivity index is 2.08. The predicted octanol–water partition coefficient (Wildman–Crippen LogP) is -1.49. The van der Waals surface area contributed by atoms with Gasteiger partial charge in [-0.25, -0.2) is 4.99 Å². The summed E-state index contributed by atoms with van der Waals surface area (Å²) in [7, 11) is 1.69. The van der Waals surface area contributed by atoms with E-state index in [2.05, 4.69) is 10.3 Å². The van der Waals surface area contributed by atoms with E-state index >= 15 is 0 Å².